The quantitative estimate of drug-likeness (QED) is 0.863. The van der Waals surface area contributed by atoms with Crippen LogP contribution in [0, 0.1) is 0 Å². The minimum Gasteiger partial charge on any atom is -0.309 e. The van der Waals surface area contributed by atoms with Crippen molar-refractivity contribution >= 4 is 23.5 Å². The van der Waals surface area contributed by atoms with E-state index in [-0.39, 0.29) is 0 Å². The molecular weight excluding hydrogens is 282 g/mol. The monoisotopic (exact) mass is 307 g/mol. The molecule has 1 N–H and O–H groups in total. The molecule has 1 aromatic carbocycles. The Hall–Kier alpha value is -0.120. The Balaban J connectivity index is 1.72. The summed E-state index contributed by atoms with van der Waals surface area (Å²) >= 11 is 4.26. The van der Waals surface area contributed by atoms with Crippen molar-refractivity contribution in [1.82, 2.24) is 5.32 Å². The predicted octanol–water partition coefficient (Wildman–Crippen LogP) is 4.45. The molecule has 0 bridgehead atoms. The van der Waals surface area contributed by atoms with Crippen molar-refractivity contribution in [2.75, 3.05) is 23.8 Å². The molecular formula is C17H25NS2. The highest BCUT2D eigenvalue weighted by molar-refractivity contribution is 8.06. The fraction of sp³-hybridized carbons (Fsp3) is 0.647. The molecule has 2 aliphatic rings. The number of benzene rings is 1. The van der Waals surface area contributed by atoms with Gasteiger partial charge in [0.2, 0.25) is 0 Å². The summed E-state index contributed by atoms with van der Waals surface area (Å²) < 4.78 is 0. The second-order valence-electron chi connectivity index (χ2n) is 5.81. The molecule has 1 aromatic rings. The second-order valence-corrected chi connectivity index (χ2v) is 8.31. The van der Waals surface area contributed by atoms with E-state index in [1.54, 1.807) is 5.56 Å². The topological polar surface area (TPSA) is 12.0 Å². The van der Waals surface area contributed by atoms with E-state index in [9.17, 15) is 0 Å². The molecule has 1 nitrogen and oxygen atoms in total. The summed E-state index contributed by atoms with van der Waals surface area (Å²) in [6.45, 7) is 3.27. The van der Waals surface area contributed by atoms with Gasteiger partial charge in [-0.1, -0.05) is 37.6 Å². The number of hydrogen-bond donors (Lipinski definition) is 1. The largest absolute Gasteiger partial charge is 0.309 e. The lowest BCUT2D eigenvalue weighted by Crippen LogP contribution is -2.33. The summed E-state index contributed by atoms with van der Waals surface area (Å²) in [6, 6.07) is 10.0. The lowest BCUT2D eigenvalue weighted by Gasteiger charge is -2.31. The van der Waals surface area contributed by atoms with E-state index in [4.69, 9.17) is 0 Å². The van der Waals surface area contributed by atoms with Gasteiger partial charge >= 0.3 is 0 Å². The molecule has 0 spiro atoms. The van der Waals surface area contributed by atoms with Crippen molar-refractivity contribution in [1.29, 1.82) is 0 Å². The van der Waals surface area contributed by atoms with E-state index >= 15 is 0 Å². The molecule has 3 rings (SSSR count). The molecule has 1 aliphatic heterocycles. The number of hydrogen-bond acceptors (Lipinski definition) is 3. The summed E-state index contributed by atoms with van der Waals surface area (Å²) in [5, 5.41) is 4.44. The van der Waals surface area contributed by atoms with Gasteiger partial charge in [-0.15, -0.1) is 0 Å². The van der Waals surface area contributed by atoms with Crippen LogP contribution in [0.15, 0.2) is 24.3 Å². The van der Waals surface area contributed by atoms with Gasteiger partial charge in [0, 0.05) is 28.6 Å². The maximum absolute atomic E-state index is 3.71. The summed E-state index contributed by atoms with van der Waals surface area (Å²) in [5.41, 5.74) is 3.04. The Morgan fingerprint density at radius 1 is 1.20 bits per heavy atom. The Bertz CT molecular complexity index is 408. The van der Waals surface area contributed by atoms with Crippen LogP contribution in [0.5, 0.6) is 0 Å². The average molecular weight is 308 g/mol. The zero-order valence-electron chi connectivity index (χ0n) is 12.3. The van der Waals surface area contributed by atoms with Gasteiger partial charge in [-0.05, 0) is 36.4 Å². The normalized spacial score (nSPS) is 25.1. The highest BCUT2D eigenvalue weighted by Gasteiger charge is 2.26. The summed E-state index contributed by atoms with van der Waals surface area (Å²) in [4.78, 5) is 0. The SMILES string of the molecule is CCNC(c1ccc(C2CCC2)cc1)C1CSCCS1. The van der Waals surface area contributed by atoms with Gasteiger partial charge in [0.15, 0.2) is 0 Å². The average Bonchev–Trinajstić information content (AvgIpc) is 2.45. The Labute approximate surface area is 131 Å². The maximum Gasteiger partial charge on any atom is 0.0448 e. The zero-order valence-corrected chi connectivity index (χ0v) is 13.9. The smallest absolute Gasteiger partial charge is 0.0448 e. The van der Waals surface area contributed by atoms with Gasteiger partial charge in [0.25, 0.3) is 0 Å². The van der Waals surface area contributed by atoms with Crippen molar-refractivity contribution < 1.29 is 0 Å². The summed E-state index contributed by atoms with van der Waals surface area (Å²) in [7, 11) is 0. The first-order valence-electron chi connectivity index (χ1n) is 7.91. The minimum atomic E-state index is 0.522. The van der Waals surface area contributed by atoms with Crippen LogP contribution >= 0.6 is 23.5 Å². The molecule has 1 aliphatic carbocycles. The first kappa shape index (κ1) is 14.8. The van der Waals surface area contributed by atoms with Crippen molar-refractivity contribution in [3.05, 3.63) is 35.4 Å². The Kier molecular flexibility index (Phi) is 5.36. The minimum absolute atomic E-state index is 0.522. The Morgan fingerprint density at radius 2 is 2.00 bits per heavy atom. The number of nitrogens with one attached hydrogen (secondary N) is 1. The third-order valence-electron chi connectivity index (χ3n) is 4.51. The van der Waals surface area contributed by atoms with Gasteiger partial charge in [0.05, 0.1) is 0 Å². The molecule has 0 radical (unpaired) electrons. The van der Waals surface area contributed by atoms with Crippen molar-refractivity contribution in [2.24, 2.45) is 0 Å². The highest BCUT2D eigenvalue weighted by atomic mass is 32.2. The van der Waals surface area contributed by atoms with Gasteiger partial charge in [-0.2, -0.15) is 23.5 Å². The molecule has 0 aromatic heterocycles. The van der Waals surface area contributed by atoms with Crippen LogP contribution in [-0.4, -0.2) is 29.1 Å². The van der Waals surface area contributed by atoms with Crippen LogP contribution in [0.25, 0.3) is 0 Å². The number of rotatable bonds is 5. The lowest BCUT2D eigenvalue weighted by atomic mass is 9.80. The van der Waals surface area contributed by atoms with E-state index in [0.717, 1.165) is 17.7 Å². The third kappa shape index (κ3) is 3.37. The van der Waals surface area contributed by atoms with E-state index < -0.39 is 0 Å². The first-order chi connectivity index (χ1) is 9.88. The molecule has 1 saturated carbocycles. The standard InChI is InChI=1S/C17H25NS2/c1-2-18-17(16-12-19-10-11-20-16)15-8-6-14(7-9-15)13-4-3-5-13/h6-9,13,16-18H,2-5,10-12H2,1H3. The van der Waals surface area contributed by atoms with Crippen molar-refractivity contribution in [3.63, 3.8) is 0 Å². The predicted molar refractivity (Wildman–Crippen MR) is 93.0 cm³/mol. The fourth-order valence-electron chi connectivity index (χ4n) is 3.10. The van der Waals surface area contributed by atoms with Crippen molar-refractivity contribution in [2.45, 2.75) is 43.4 Å². The lowest BCUT2D eigenvalue weighted by molar-refractivity contribution is 0.419. The highest BCUT2D eigenvalue weighted by Crippen LogP contribution is 2.38. The third-order valence-corrected chi connectivity index (χ3v) is 7.37. The molecule has 2 unspecified atom stereocenters. The molecule has 20 heavy (non-hydrogen) atoms. The fourth-order valence-corrected chi connectivity index (χ4v) is 5.97. The van der Waals surface area contributed by atoms with Gasteiger partial charge in [-0.3, -0.25) is 0 Å². The maximum atomic E-state index is 3.71. The van der Waals surface area contributed by atoms with E-state index in [1.807, 2.05) is 0 Å². The first-order valence-corrected chi connectivity index (χ1v) is 10.1. The van der Waals surface area contributed by atoms with Crippen LogP contribution in [0.2, 0.25) is 0 Å². The van der Waals surface area contributed by atoms with Gasteiger partial charge in [0.1, 0.15) is 0 Å². The van der Waals surface area contributed by atoms with Crippen LogP contribution < -0.4 is 5.32 Å². The van der Waals surface area contributed by atoms with Gasteiger partial charge in [-0.25, -0.2) is 0 Å². The molecule has 110 valence electrons. The number of thioether (sulfide) groups is 2. The van der Waals surface area contributed by atoms with Crippen LogP contribution in [0.4, 0.5) is 0 Å². The van der Waals surface area contributed by atoms with Crippen LogP contribution in [0.1, 0.15) is 49.3 Å². The van der Waals surface area contributed by atoms with Crippen molar-refractivity contribution in [3.8, 4) is 0 Å². The molecule has 1 saturated heterocycles. The molecule has 0 amide bonds. The second kappa shape index (κ2) is 7.24. The Morgan fingerprint density at radius 3 is 2.55 bits per heavy atom. The summed E-state index contributed by atoms with van der Waals surface area (Å²) in [5.74, 6) is 4.76. The van der Waals surface area contributed by atoms with Gasteiger partial charge < -0.3 is 5.32 Å². The zero-order chi connectivity index (χ0) is 13.8. The van der Waals surface area contributed by atoms with Crippen LogP contribution in [0.3, 0.4) is 0 Å². The molecule has 2 atom stereocenters. The molecule has 3 heteroatoms. The van der Waals surface area contributed by atoms with Crippen LogP contribution in [-0.2, 0) is 0 Å². The molecule has 2 fully saturated rings. The summed E-state index contributed by atoms with van der Waals surface area (Å²) in [6.07, 6.45) is 4.21. The van der Waals surface area contributed by atoms with E-state index in [2.05, 4.69) is 60.0 Å². The van der Waals surface area contributed by atoms with E-state index in [0.29, 0.717) is 6.04 Å². The molecule has 1 heterocycles. The van der Waals surface area contributed by atoms with E-state index in [1.165, 1.54) is 42.1 Å².